The molecule has 124 valence electrons. The van der Waals surface area contributed by atoms with Gasteiger partial charge in [-0.15, -0.1) is 0 Å². The summed E-state index contributed by atoms with van der Waals surface area (Å²) in [5.41, 5.74) is 0. The molecule has 1 aliphatic rings. The van der Waals surface area contributed by atoms with Crippen LogP contribution in [-0.2, 0) is 10.2 Å². The zero-order valence-electron chi connectivity index (χ0n) is 13.3. The number of anilines is 1. The summed E-state index contributed by atoms with van der Waals surface area (Å²) in [6, 6.07) is 1.67. The predicted molar refractivity (Wildman–Crippen MR) is 86.9 cm³/mol. The highest BCUT2D eigenvalue weighted by atomic mass is 32.2. The van der Waals surface area contributed by atoms with Gasteiger partial charge in [0.2, 0.25) is 5.95 Å². The molecule has 1 fully saturated rings. The average Bonchev–Trinajstić information content (AvgIpc) is 2.53. The van der Waals surface area contributed by atoms with Crippen LogP contribution >= 0.6 is 0 Å². The molecular weight excluding hydrogens is 302 g/mol. The van der Waals surface area contributed by atoms with Crippen LogP contribution in [0.3, 0.4) is 0 Å². The van der Waals surface area contributed by atoms with E-state index in [0.717, 1.165) is 32.2 Å². The van der Waals surface area contributed by atoms with Gasteiger partial charge >= 0.3 is 0 Å². The van der Waals surface area contributed by atoms with E-state index < -0.39 is 10.2 Å². The zero-order valence-corrected chi connectivity index (χ0v) is 14.1. The quantitative estimate of drug-likeness (QED) is 0.809. The molecule has 0 amide bonds. The molecule has 1 saturated heterocycles. The summed E-state index contributed by atoms with van der Waals surface area (Å²) in [4.78, 5) is 10.5. The van der Waals surface area contributed by atoms with Crippen LogP contribution in [0.15, 0.2) is 18.5 Å². The first kappa shape index (κ1) is 17.1. The lowest BCUT2D eigenvalue weighted by atomic mass is 10.1. The van der Waals surface area contributed by atoms with Crippen LogP contribution in [0.1, 0.15) is 32.6 Å². The van der Waals surface area contributed by atoms with E-state index in [1.807, 2.05) is 11.8 Å². The van der Waals surface area contributed by atoms with E-state index in [9.17, 15) is 8.42 Å². The highest BCUT2D eigenvalue weighted by Crippen LogP contribution is 2.16. The number of nitrogens with one attached hydrogen (secondary N) is 1. The molecule has 0 aliphatic carbocycles. The Morgan fingerprint density at radius 3 is 2.82 bits per heavy atom. The summed E-state index contributed by atoms with van der Waals surface area (Å²) >= 11 is 0. The minimum absolute atomic E-state index is 0.105. The molecule has 1 aromatic rings. The van der Waals surface area contributed by atoms with E-state index in [1.165, 1.54) is 4.31 Å². The lowest BCUT2D eigenvalue weighted by Gasteiger charge is -2.33. The van der Waals surface area contributed by atoms with Crippen LogP contribution in [0.5, 0.6) is 0 Å². The van der Waals surface area contributed by atoms with Crippen LogP contribution in [0.2, 0.25) is 0 Å². The Morgan fingerprint density at radius 1 is 1.41 bits per heavy atom. The van der Waals surface area contributed by atoms with Crippen LogP contribution in [0.25, 0.3) is 0 Å². The number of hydrogen-bond donors (Lipinski definition) is 1. The van der Waals surface area contributed by atoms with Crippen molar-refractivity contribution < 1.29 is 8.42 Å². The molecule has 1 aliphatic heterocycles. The van der Waals surface area contributed by atoms with E-state index in [4.69, 9.17) is 0 Å². The first-order valence-electron chi connectivity index (χ1n) is 7.78. The Morgan fingerprint density at radius 2 is 2.14 bits per heavy atom. The van der Waals surface area contributed by atoms with Gasteiger partial charge in [-0.2, -0.15) is 17.4 Å². The Balaban J connectivity index is 1.95. The van der Waals surface area contributed by atoms with Gasteiger partial charge in [0.25, 0.3) is 10.2 Å². The lowest BCUT2D eigenvalue weighted by Crippen LogP contribution is -2.51. The Bertz CT molecular complexity index is 552. The first-order valence-corrected chi connectivity index (χ1v) is 9.22. The fourth-order valence-electron chi connectivity index (χ4n) is 2.51. The molecular formula is C14H25N5O2S. The fraction of sp³-hybridized carbons (Fsp3) is 0.714. The Hall–Kier alpha value is -1.25. The number of rotatable bonds is 7. The molecule has 0 aromatic carbocycles. The topological polar surface area (TPSA) is 78.4 Å². The average molecular weight is 327 g/mol. The molecule has 1 atom stereocenters. The van der Waals surface area contributed by atoms with Gasteiger partial charge in [-0.25, -0.2) is 9.97 Å². The van der Waals surface area contributed by atoms with Gasteiger partial charge in [0, 0.05) is 45.1 Å². The highest BCUT2D eigenvalue weighted by Gasteiger charge is 2.27. The number of aromatic nitrogens is 2. The predicted octanol–water partition coefficient (Wildman–Crippen LogP) is 1.01. The van der Waals surface area contributed by atoms with E-state index in [2.05, 4.69) is 14.7 Å². The van der Waals surface area contributed by atoms with Crippen LogP contribution in [-0.4, -0.2) is 55.4 Å². The zero-order chi connectivity index (χ0) is 16.0. The van der Waals surface area contributed by atoms with Crippen LogP contribution in [0.4, 0.5) is 5.95 Å². The van der Waals surface area contributed by atoms with Crippen molar-refractivity contribution in [2.45, 2.75) is 38.6 Å². The van der Waals surface area contributed by atoms with Gasteiger partial charge in [0.15, 0.2) is 0 Å². The summed E-state index contributed by atoms with van der Waals surface area (Å²) < 4.78 is 28.8. The molecule has 7 nitrogen and oxygen atoms in total. The summed E-state index contributed by atoms with van der Waals surface area (Å²) in [6.07, 6.45) is 7.01. The summed E-state index contributed by atoms with van der Waals surface area (Å²) in [5, 5.41) is 0. The summed E-state index contributed by atoms with van der Waals surface area (Å²) in [7, 11) is -1.80. The van der Waals surface area contributed by atoms with Crippen molar-refractivity contribution >= 4 is 16.2 Å². The molecule has 2 rings (SSSR count). The maximum Gasteiger partial charge on any atom is 0.279 e. The third-order valence-corrected chi connectivity index (χ3v) is 5.44. The number of piperidine rings is 1. The van der Waals surface area contributed by atoms with Crippen LogP contribution < -0.4 is 9.62 Å². The van der Waals surface area contributed by atoms with E-state index >= 15 is 0 Å². The molecule has 0 spiro atoms. The molecule has 22 heavy (non-hydrogen) atoms. The third-order valence-electron chi connectivity index (χ3n) is 3.81. The number of unbranched alkanes of at least 4 members (excludes halogenated alkanes) is 1. The van der Waals surface area contributed by atoms with Crippen molar-refractivity contribution in [2.24, 2.45) is 0 Å². The van der Waals surface area contributed by atoms with Gasteiger partial charge in [-0.05, 0) is 25.3 Å². The van der Waals surface area contributed by atoms with Gasteiger partial charge < -0.3 is 4.90 Å². The Labute approximate surface area is 132 Å². The van der Waals surface area contributed by atoms with E-state index in [0.29, 0.717) is 19.0 Å². The SMILES string of the molecule is CCCCN(C)S(=O)(=O)N[C@@H]1CCCN(c2ncccn2)C1. The minimum atomic E-state index is -3.42. The molecule has 1 N–H and O–H groups in total. The number of hydrogen-bond acceptors (Lipinski definition) is 5. The molecule has 0 unspecified atom stereocenters. The molecule has 0 saturated carbocycles. The second kappa shape index (κ2) is 7.85. The minimum Gasteiger partial charge on any atom is -0.339 e. The normalized spacial score (nSPS) is 19.6. The largest absolute Gasteiger partial charge is 0.339 e. The van der Waals surface area contributed by atoms with Crippen molar-refractivity contribution in [1.82, 2.24) is 19.0 Å². The summed E-state index contributed by atoms with van der Waals surface area (Å²) in [6.45, 7) is 4.05. The molecule has 0 radical (unpaired) electrons. The van der Waals surface area contributed by atoms with Crippen molar-refractivity contribution in [3.8, 4) is 0 Å². The smallest absolute Gasteiger partial charge is 0.279 e. The van der Waals surface area contributed by atoms with Crippen LogP contribution in [0, 0.1) is 0 Å². The highest BCUT2D eigenvalue weighted by molar-refractivity contribution is 7.87. The lowest BCUT2D eigenvalue weighted by molar-refractivity contribution is 0.416. The van der Waals surface area contributed by atoms with Gasteiger partial charge in [0.1, 0.15) is 0 Å². The summed E-state index contributed by atoms with van der Waals surface area (Å²) in [5.74, 6) is 0.658. The Kier molecular flexibility index (Phi) is 6.10. The maximum atomic E-state index is 12.3. The third kappa shape index (κ3) is 4.62. The standard InChI is InChI=1S/C14H25N5O2S/c1-3-4-10-18(2)22(20,21)17-13-7-5-11-19(12-13)14-15-8-6-9-16-14/h6,8-9,13,17H,3-5,7,10-12H2,1-2H3/t13-/m1/s1. The van der Waals surface area contributed by atoms with E-state index in [1.54, 1.807) is 25.5 Å². The molecule has 0 bridgehead atoms. The first-order chi connectivity index (χ1) is 10.5. The van der Waals surface area contributed by atoms with Gasteiger partial charge in [0.05, 0.1) is 0 Å². The van der Waals surface area contributed by atoms with E-state index in [-0.39, 0.29) is 6.04 Å². The fourth-order valence-corrected chi connectivity index (χ4v) is 3.67. The van der Waals surface area contributed by atoms with Crippen molar-refractivity contribution in [1.29, 1.82) is 0 Å². The van der Waals surface area contributed by atoms with Crippen molar-refractivity contribution in [3.63, 3.8) is 0 Å². The van der Waals surface area contributed by atoms with Crippen molar-refractivity contribution in [3.05, 3.63) is 18.5 Å². The van der Waals surface area contributed by atoms with Gasteiger partial charge in [-0.1, -0.05) is 13.3 Å². The van der Waals surface area contributed by atoms with Crippen molar-refractivity contribution in [2.75, 3.05) is 31.6 Å². The molecule has 1 aromatic heterocycles. The maximum absolute atomic E-state index is 12.3. The molecule has 2 heterocycles. The molecule has 8 heteroatoms. The monoisotopic (exact) mass is 327 g/mol. The number of nitrogens with zero attached hydrogens (tertiary/aromatic N) is 4. The second-order valence-corrected chi connectivity index (χ2v) is 7.44. The second-order valence-electron chi connectivity index (χ2n) is 5.63. The van der Waals surface area contributed by atoms with Gasteiger partial charge in [-0.3, -0.25) is 0 Å².